The molecule has 0 saturated heterocycles. The summed E-state index contributed by atoms with van der Waals surface area (Å²) < 4.78 is 0. The first kappa shape index (κ1) is 12.8. The van der Waals surface area contributed by atoms with E-state index in [1.165, 1.54) is 16.5 Å². The normalized spacial score (nSPS) is 15.4. The average molecular weight is 270 g/mol. The van der Waals surface area contributed by atoms with Gasteiger partial charge in [0.1, 0.15) is 5.82 Å². The number of rotatable bonds is 1. The van der Waals surface area contributed by atoms with E-state index in [1.807, 2.05) is 6.07 Å². The maximum Gasteiger partial charge on any atom is 0.258 e. The molecule has 1 aliphatic heterocycles. The van der Waals surface area contributed by atoms with Crippen molar-refractivity contribution in [2.24, 2.45) is 0 Å². The van der Waals surface area contributed by atoms with Gasteiger partial charge in [-0.25, -0.2) is 0 Å². The molecule has 1 aromatic heterocycles. The van der Waals surface area contributed by atoms with Crippen LogP contribution in [0.3, 0.4) is 0 Å². The lowest BCUT2D eigenvalue weighted by Gasteiger charge is -2.16. The number of fused-ring (bicyclic) bond motifs is 3. The topological polar surface area (TPSA) is 56.3 Å². The Balaban J connectivity index is 2.09. The summed E-state index contributed by atoms with van der Waals surface area (Å²) in [5.74, 6) is 0.818. The molecule has 0 aliphatic carbocycles. The maximum absolute atomic E-state index is 12.4. The Morgan fingerprint density at radius 2 is 2.10 bits per heavy atom. The second-order valence-corrected chi connectivity index (χ2v) is 5.42. The molecule has 2 N–H and O–H groups in total. The number of aromatic nitrogens is 1. The van der Waals surface area contributed by atoms with Gasteiger partial charge in [0.15, 0.2) is 0 Å². The molecular formula is C16H18N2O2. The minimum absolute atomic E-state index is 0.0791. The molecule has 1 aliphatic rings. The van der Waals surface area contributed by atoms with Gasteiger partial charge in [-0.1, -0.05) is 11.6 Å². The van der Waals surface area contributed by atoms with Crippen LogP contribution in [0.15, 0.2) is 29.5 Å². The number of benzene rings is 1. The molecule has 2 aromatic rings. The van der Waals surface area contributed by atoms with Gasteiger partial charge < -0.3 is 10.1 Å². The molecule has 0 atom stereocenters. The number of aromatic amines is 1. The zero-order valence-corrected chi connectivity index (χ0v) is 11.9. The standard InChI is InChI=1S/C16H18N2O2/c1-9-4-5-14-13(8-9)12-6-7-18(15(12)17-14)16(20)10(2)11(3)19/h4-5,8,17,19H,6-7H2,1-3H3/b11-10+. The Kier molecular flexibility index (Phi) is 2.82. The molecule has 2 heterocycles. The molecule has 4 heteroatoms. The number of nitrogens with zero attached hydrogens (tertiary/aromatic N) is 1. The van der Waals surface area contributed by atoms with E-state index >= 15 is 0 Å². The van der Waals surface area contributed by atoms with E-state index in [4.69, 9.17) is 0 Å². The molecule has 1 amide bonds. The van der Waals surface area contributed by atoms with Crippen LogP contribution in [0.25, 0.3) is 10.9 Å². The molecule has 1 aromatic carbocycles. The van der Waals surface area contributed by atoms with Gasteiger partial charge in [0.2, 0.25) is 0 Å². The van der Waals surface area contributed by atoms with Crippen LogP contribution < -0.4 is 4.90 Å². The predicted molar refractivity (Wildman–Crippen MR) is 80.1 cm³/mol. The summed E-state index contributed by atoms with van der Waals surface area (Å²) in [4.78, 5) is 17.4. The lowest BCUT2D eigenvalue weighted by molar-refractivity contribution is -0.115. The van der Waals surface area contributed by atoms with Gasteiger partial charge in [-0.15, -0.1) is 0 Å². The minimum Gasteiger partial charge on any atom is -0.512 e. The molecule has 0 unspecified atom stereocenters. The lowest BCUT2D eigenvalue weighted by Crippen LogP contribution is -2.30. The van der Waals surface area contributed by atoms with Crippen LogP contribution in [-0.4, -0.2) is 22.5 Å². The third-order valence-electron chi connectivity index (χ3n) is 4.00. The molecule has 0 saturated carbocycles. The highest BCUT2D eigenvalue weighted by molar-refractivity contribution is 6.08. The largest absolute Gasteiger partial charge is 0.512 e. The summed E-state index contributed by atoms with van der Waals surface area (Å²) in [6, 6.07) is 6.26. The highest BCUT2D eigenvalue weighted by atomic mass is 16.3. The fourth-order valence-electron chi connectivity index (χ4n) is 2.73. The van der Waals surface area contributed by atoms with Crippen molar-refractivity contribution in [3.8, 4) is 0 Å². The van der Waals surface area contributed by atoms with E-state index in [9.17, 15) is 9.90 Å². The number of amides is 1. The zero-order chi connectivity index (χ0) is 14.4. The molecular weight excluding hydrogens is 252 g/mol. The number of aliphatic hydroxyl groups is 1. The van der Waals surface area contributed by atoms with Gasteiger partial charge in [0.05, 0.1) is 11.3 Å². The van der Waals surface area contributed by atoms with E-state index in [-0.39, 0.29) is 11.7 Å². The third-order valence-corrected chi connectivity index (χ3v) is 4.00. The first-order valence-electron chi connectivity index (χ1n) is 6.78. The number of anilines is 1. The Labute approximate surface area is 117 Å². The summed E-state index contributed by atoms with van der Waals surface area (Å²) in [5.41, 5.74) is 3.86. The van der Waals surface area contributed by atoms with Crippen molar-refractivity contribution in [1.82, 2.24) is 4.98 Å². The molecule has 0 fully saturated rings. The second-order valence-electron chi connectivity index (χ2n) is 5.42. The van der Waals surface area contributed by atoms with E-state index in [1.54, 1.807) is 18.7 Å². The second kappa shape index (κ2) is 4.40. The lowest BCUT2D eigenvalue weighted by atomic mass is 10.1. The van der Waals surface area contributed by atoms with Crippen molar-refractivity contribution in [2.75, 3.05) is 11.4 Å². The third kappa shape index (κ3) is 1.80. The molecule has 20 heavy (non-hydrogen) atoms. The minimum atomic E-state index is -0.132. The number of hydrogen-bond acceptors (Lipinski definition) is 2. The van der Waals surface area contributed by atoms with Gasteiger partial charge >= 0.3 is 0 Å². The molecule has 0 bridgehead atoms. The summed E-state index contributed by atoms with van der Waals surface area (Å²) in [5, 5.41) is 10.7. The Morgan fingerprint density at radius 3 is 2.80 bits per heavy atom. The predicted octanol–water partition coefficient (Wildman–Crippen LogP) is 3.22. The van der Waals surface area contributed by atoms with Crippen molar-refractivity contribution >= 4 is 22.6 Å². The van der Waals surface area contributed by atoms with Gasteiger partial charge in [0, 0.05) is 23.0 Å². The van der Waals surface area contributed by atoms with Crippen molar-refractivity contribution in [2.45, 2.75) is 27.2 Å². The van der Waals surface area contributed by atoms with Crippen molar-refractivity contribution in [3.05, 3.63) is 40.7 Å². The average Bonchev–Trinajstić information content (AvgIpc) is 2.96. The molecule has 0 spiro atoms. The van der Waals surface area contributed by atoms with E-state index in [2.05, 4.69) is 24.0 Å². The summed E-state index contributed by atoms with van der Waals surface area (Å²) in [6.07, 6.45) is 0.849. The van der Waals surface area contributed by atoms with Crippen molar-refractivity contribution in [1.29, 1.82) is 0 Å². The van der Waals surface area contributed by atoms with Crippen LogP contribution in [0.5, 0.6) is 0 Å². The summed E-state index contributed by atoms with van der Waals surface area (Å²) >= 11 is 0. The Bertz CT molecular complexity index is 736. The number of H-pyrrole nitrogens is 1. The van der Waals surface area contributed by atoms with Crippen LogP contribution in [0.1, 0.15) is 25.0 Å². The number of carbonyl (C=O) groups excluding carboxylic acids is 1. The molecule has 4 nitrogen and oxygen atoms in total. The van der Waals surface area contributed by atoms with Gasteiger partial charge in [-0.05, 0) is 39.3 Å². The number of nitrogens with one attached hydrogen (secondary N) is 1. The van der Waals surface area contributed by atoms with E-state index in [0.29, 0.717) is 12.1 Å². The van der Waals surface area contributed by atoms with Gasteiger partial charge in [-0.2, -0.15) is 0 Å². The van der Waals surface area contributed by atoms with E-state index in [0.717, 1.165) is 17.8 Å². The van der Waals surface area contributed by atoms with Gasteiger partial charge in [-0.3, -0.25) is 9.69 Å². The molecule has 3 rings (SSSR count). The smallest absolute Gasteiger partial charge is 0.258 e. The van der Waals surface area contributed by atoms with Gasteiger partial charge in [0.25, 0.3) is 5.91 Å². The summed E-state index contributed by atoms with van der Waals surface area (Å²) in [6.45, 7) is 5.93. The van der Waals surface area contributed by atoms with Crippen molar-refractivity contribution in [3.63, 3.8) is 0 Å². The summed E-state index contributed by atoms with van der Waals surface area (Å²) in [7, 11) is 0. The van der Waals surface area contributed by atoms with Crippen LogP contribution in [-0.2, 0) is 11.2 Å². The van der Waals surface area contributed by atoms with Crippen LogP contribution in [0, 0.1) is 6.92 Å². The molecule has 104 valence electrons. The number of carbonyl (C=O) groups is 1. The highest BCUT2D eigenvalue weighted by Crippen LogP contribution is 2.35. The van der Waals surface area contributed by atoms with Crippen molar-refractivity contribution < 1.29 is 9.90 Å². The quantitative estimate of drug-likeness (QED) is 0.617. The van der Waals surface area contributed by atoms with E-state index < -0.39 is 0 Å². The highest BCUT2D eigenvalue weighted by Gasteiger charge is 2.29. The Hall–Kier alpha value is -2.23. The number of aryl methyl sites for hydroxylation is 1. The monoisotopic (exact) mass is 270 g/mol. The van der Waals surface area contributed by atoms with Crippen LogP contribution in [0.4, 0.5) is 5.82 Å². The fraction of sp³-hybridized carbons (Fsp3) is 0.312. The SMILES string of the molecule is C/C(O)=C(/C)C(=O)N1CCc2c1[nH]c1ccc(C)cc21. The zero-order valence-electron chi connectivity index (χ0n) is 11.9. The van der Waals surface area contributed by atoms with Crippen LogP contribution >= 0.6 is 0 Å². The number of allylic oxidation sites excluding steroid dienone is 1. The number of aliphatic hydroxyl groups excluding tert-OH is 1. The fourth-order valence-corrected chi connectivity index (χ4v) is 2.73. The number of hydrogen-bond donors (Lipinski definition) is 2. The van der Waals surface area contributed by atoms with Crippen LogP contribution in [0.2, 0.25) is 0 Å². The first-order chi connectivity index (χ1) is 9.49. The Morgan fingerprint density at radius 1 is 1.35 bits per heavy atom. The maximum atomic E-state index is 12.4. The molecule has 0 radical (unpaired) electrons. The first-order valence-corrected chi connectivity index (χ1v) is 6.78.